The van der Waals surface area contributed by atoms with Crippen LogP contribution in [0.3, 0.4) is 0 Å². The molecule has 2 aromatic rings. The quantitative estimate of drug-likeness (QED) is 0.565. The summed E-state index contributed by atoms with van der Waals surface area (Å²) in [5.41, 5.74) is 0.502. The fraction of sp³-hybridized carbons (Fsp3) is 0.478. The highest BCUT2D eigenvalue weighted by Crippen LogP contribution is 2.20. The van der Waals surface area contributed by atoms with Crippen molar-refractivity contribution in [1.82, 2.24) is 19.9 Å². The smallest absolute Gasteiger partial charge is 0.261 e. The Bertz CT molecular complexity index is 1130. The Labute approximate surface area is 204 Å². The van der Waals surface area contributed by atoms with Crippen molar-refractivity contribution in [3.05, 3.63) is 46.3 Å². The number of aryl methyl sites for hydroxylation is 1. The van der Waals surface area contributed by atoms with Crippen molar-refractivity contribution in [3.63, 3.8) is 0 Å². The summed E-state index contributed by atoms with van der Waals surface area (Å²) in [7, 11) is -3.94. The summed E-state index contributed by atoms with van der Waals surface area (Å²) in [6.45, 7) is 5.34. The first-order valence-electron chi connectivity index (χ1n) is 11.2. The van der Waals surface area contributed by atoms with E-state index < -0.39 is 33.8 Å². The fourth-order valence-corrected chi connectivity index (χ4v) is 6.04. The first-order valence-corrected chi connectivity index (χ1v) is 13.5. The Morgan fingerprint density at radius 2 is 2.03 bits per heavy atom. The third kappa shape index (κ3) is 6.28. The van der Waals surface area contributed by atoms with Gasteiger partial charge in [-0.05, 0) is 55.2 Å². The van der Waals surface area contributed by atoms with E-state index in [9.17, 15) is 22.8 Å². The van der Waals surface area contributed by atoms with Crippen molar-refractivity contribution < 1.29 is 22.8 Å². The number of carbonyl (C=O) groups is 3. The fourth-order valence-electron chi connectivity index (χ4n) is 3.83. The molecule has 9 nitrogen and oxygen atoms in total. The van der Waals surface area contributed by atoms with Gasteiger partial charge in [-0.15, -0.1) is 11.3 Å². The molecule has 184 valence electrons. The van der Waals surface area contributed by atoms with Crippen LogP contribution in [-0.4, -0.2) is 60.5 Å². The number of ketones is 1. The molecule has 34 heavy (non-hydrogen) atoms. The molecule has 0 radical (unpaired) electrons. The number of carbonyl (C=O) groups excluding carboxylic acids is 3. The minimum absolute atomic E-state index is 0.0708. The zero-order valence-corrected chi connectivity index (χ0v) is 21.1. The van der Waals surface area contributed by atoms with Gasteiger partial charge in [-0.2, -0.15) is 4.31 Å². The summed E-state index contributed by atoms with van der Waals surface area (Å²) in [4.78, 5) is 43.0. The molecule has 3 rings (SSSR count). The van der Waals surface area contributed by atoms with E-state index in [1.54, 1.807) is 36.6 Å². The maximum Gasteiger partial charge on any atom is 0.261 e. The number of pyridine rings is 1. The number of nitrogens with zero attached hydrogens (tertiary/aromatic N) is 2. The minimum Gasteiger partial charge on any atom is -0.344 e. The van der Waals surface area contributed by atoms with Gasteiger partial charge in [-0.3, -0.25) is 14.4 Å². The summed E-state index contributed by atoms with van der Waals surface area (Å²) >= 11 is 1.28. The third-order valence-corrected chi connectivity index (χ3v) is 8.33. The number of amides is 2. The molecule has 2 amide bonds. The molecule has 2 atom stereocenters. The number of hydrogen-bond donors (Lipinski definition) is 2. The lowest BCUT2D eigenvalue weighted by molar-refractivity contribution is -0.129. The van der Waals surface area contributed by atoms with E-state index in [1.807, 2.05) is 13.8 Å². The van der Waals surface area contributed by atoms with Gasteiger partial charge in [0.15, 0.2) is 10.8 Å². The van der Waals surface area contributed by atoms with E-state index in [4.69, 9.17) is 0 Å². The molecule has 11 heteroatoms. The summed E-state index contributed by atoms with van der Waals surface area (Å²) in [5, 5.41) is 7.23. The van der Waals surface area contributed by atoms with Crippen LogP contribution in [0.1, 0.15) is 48.3 Å². The van der Waals surface area contributed by atoms with Crippen LogP contribution < -0.4 is 10.6 Å². The summed E-state index contributed by atoms with van der Waals surface area (Å²) < 4.78 is 27.3. The highest BCUT2D eigenvalue weighted by molar-refractivity contribution is 7.89. The first-order chi connectivity index (χ1) is 16.1. The lowest BCUT2D eigenvalue weighted by Crippen LogP contribution is -2.52. The monoisotopic (exact) mass is 506 g/mol. The van der Waals surface area contributed by atoms with Crippen molar-refractivity contribution >= 4 is 39.0 Å². The molecule has 2 N–H and O–H groups in total. The molecular formula is C23H30N4O5S2. The standard InChI is InChI=1S/C23H30N4O5S2/c1-15(2)13-18(26-22(30)20-9-6-12-33-20)21(29)25-17-8-5-11-27(14-19(17)28)34(31,32)23-16(3)7-4-10-24-23/h4,6-7,9-10,12,15,17-18H,5,8,11,13-14H2,1-3H3,(H,25,29)(H,26,30)/t17-,18?/m0/s1. The molecule has 0 spiro atoms. The van der Waals surface area contributed by atoms with Gasteiger partial charge in [-0.1, -0.05) is 26.0 Å². The first kappa shape index (κ1) is 26.0. The molecule has 0 saturated carbocycles. The minimum atomic E-state index is -3.94. The Balaban J connectivity index is 1.70. The van der Waals surface area contributed by atoms with Crippen molar-refractivity contribution in [1.29, 1.82) is 0 Å². The summed E-state index contributed by atoms with van der Waals surface area (Å²) in [5.74, 6) is -1.05. The van der Waals surface area contributed by atoms with Crippen molar-refractivity contribution in [2.45, 2.75) is 57.1 Å². The number of Topliss-reactive ketones (excluding diaryl/α,β-unsaturated/α-hetero) is 1. The second kappa shape index (κ2) is 11.2. The largest absolute Gasteiger partial charge is 0.344 e. The number of hydrogen-bond acceptors (Lipinski definition) is 7. The van der Waals surface area contributed by atoms with Gasteiger partial charge in [0, 0.05) is 12.7 Å². The molecule has 1 aliphatic heterocycles. The van der Waals surface area contributed by atoms with Crippen LogP contribution in [0.4, 0.5) is 0 Å². The van der Waals surface area contributed by atoms with Crippen LogP contribution in [0, 0.1) is 12.8 Å². The summed E-state index contributed by atoms with van der Waals surface area (Å²) in [6.07, 6.45) is 2.52. The van der Waals surface area contributed by atoms with Gasteiger partial charge in [0.1, 0.15) is 6.04 Å². The van der Waals surface area contributed by atoms with Crippen LogP contribution >= 0.6 is 11.3 Å². The van der Waals surface area contributed by atoms with Crippen LogP contribution in [-0.2, 0) is 19.6 Å². The van der Waals surface area contributed by atoms with Crippen LogP contribution in [0.5, 0.6) is 0 Å². The van der Waals surface area contributed by atoms with Crippen molar-refractivity contribution in [2.75, 3.05) is 13.1 Å². The lowest BCUT2D eigenvalue weighted by Gasteiger charge is -2.23. The predicted octanol–water partition coefficient (Wildman–Crippen LogP) is 2.13. The van der Waals surface area contributed by atoms with Gasteiger partial charge in [-0.25, -0.2) is 13.4 Å². The predicted molar refractivity (Wildman–Crippen MR) is 129 cm³/mol. The zero-order valence-electron chi connectivity index (χ0n) is 19.5. The molecule has 0 aromatic carbocycles. The van der Waals surface area contributed by atoms with Gasteiger partial charge in [0.05, 0.1) is 17.5 Å². The summed E-state index contributed by atoms with van der Waals surface area (Å²) in [6, 6.07) is 5.11. The van der Waals surface area contributed by atoms with Gasteiger partial charge < -0.3 is 10.6 Å². The second-order valence-electron chi connectivity index (χ2n) is 8.77. The maximum absolute atomic E-state index is 13.1. The lowest BCUT2D eigenvalue weighted by atomic mass is 10.0. The van der Waals surface area contributed by atoms with E-state index in [0.29, 0.717) is 29.7 Å². The SMILES string of the molecule is Cc1cccnc1S(=O)(=O)N1CCC[C@H](NC(=O)C(CC(C)C)NC(=O)c2cccs2)C(=O)C1. The Kier molecular flexibility index (Phi) is 8.56. The van der Waals surface area contributed by atoms with E-state index in [2.05, 4.69) is 15.6 Å². The zero-order chi connectivity index (χ0) is 24.9. The van der Waals surface area contributed by atoms with Gasteiger partial charge in [0.25, 0.3) is 15.9 Å². The molecule has 2 aromatic heterocycles. The Morgan fingerprint density at radius 3 is 2.68 bits per heavy atom. The molecule has 1 fully saturated rings. The van der Waals surface area contributed by atoms with Gasteiger partial charge in [0.2, 0.25) is 5.91 Å². The molecular weight excluding hydrogens is 476 g/mol. The van der Waals surface area contributed by atoms with E-state index >= 15 is 0 Å². The number of nitrogens with one attached hydrogen (secondary N) is 2. The average molecular weight is 507 g/mol. The molecule has 1 unspecified atom stereocenters. The number of rotatable bonds is 8. The van der Waals surface area contributed by atoms with Crippen molar-refractivity contribution in [2.24, 2.45) is 5.92 Å². The van der Waals surface area contributed by atoms with Crippen LogP contribution in [0.15, 0.2) is 40.9 Å². The van der Waals surface area contributed by atoms with Crippen molar-refractivity contribution in [3.8, 4) is 0 Å². The molecule has 0 aliphatic carbocycles. The second-order valence-corrected chi connectivity index (χ2v) is 11.6. The highest BCUT2D eigenvalue weighted by Gasteiger charge is 2.35. The van der Waals surface area contributed by atoms with E-state index in [1.165, 1.54) is 17.5 Å². The van der Waals surface area contributed by atoms with E-state index in [-0.39, 0.29) is 29.9 Å². The topological polar surface area (TPSA) is 126 Å². The molecule has 1 saturated heterocycles. The molecule has 3 heterocycles. The number of sulfonamides is 1. The average Bonchev–Trinajstić information content (AvgIpc) is 3.25. The molecule has 1 aliphatic rings. The number of aromatic nitrogens is 1. The maximum atomic E-state index is 13.1. The van der Waals surface area contributed by atoms with Crippen LogP contribution in [0.25, 0.3) is 0 Å². The normalized spacial score (nSPS) is 18.4. The Morgan fingerprint density at radius 1 is 1.26 bits per heavy atom. The molecule has 0 bridgehead atoms. The van der Waals surface area contributed by atoms with E-state index in [0.717, 1.165) is 4.31 Å². The number of thiophene rings is 1. The Hall–Kier alpha value is -2.63. The van der Waals surface area contributed by atoms with Gasteiger partial charge >= 0.3 is 0 Å². The highest BCUT2D eigenvalue weighted by atomic mass is 32.2. The van der Waals surface area contributed by atoms with Crippen LogP contribution in [0.2, 0.25) is 0 Å². The third-order valence-electron chi connectivity index (χ3n) is 5.56.